The van der Waals surface area contributed by atoms with Gasteiger partial charge in [-0.3, -0.25) is 0 Å². The molecule has 1 aliphatic heterocycles. The molecule has 104 valence electrons. The molecule has 0 radical (unpaired) electrons. The zero-order chi connectivity index (χ0) is 13.1. The van der Waals surface area contributed by atoms with Gasteiger partial charge < -0.3 is 5.11 Å². The molecular weight excluding hydrogens is 248 g/mol. The summed E-state index contributed by atoms with van der Waals surface area (Å²) in [5.74, 6) is 0.417. The summed E-state index contributed by atoms with van der Waals surface area (Å²) in [6.07, 6.45) is 11.6. The maximum absolute atomic E-state index is 9.56. The van der Waals surface area contributed by atoms with Crippen LogP contribution in [-0.2, 0) is 5.04 Å². The van der Waals surface area contributed by atoms with Crippen LogP contribution < -0.4 is 0 Å². The minimum Gasteiger partial charge on any atom is -0.508 e. The predicted octanol–water partition coefficient (Wildman–Crippen LogP) is 4.54. The number of hydrogen-bond donors (Lipinski definition) is 1. The van der Waals surface area contributed by atoms with Gasteiger partial charge in [-0.1, -0.05) is 62.7 Å². The maximum Gasteiger partial charge on any atom is 0.115 e. The topological polar surface area (TPSA) is 20.2 Å². The third-order valence-electron chi connectivity index (χ3n) is 5.57. The number of phenols is 1. The lowest BCUT2D eigenvalue weighted by molar-refractivity contribution is 0.381. The Morgan fingerprint density at radius 3 is 2.00 bits per heavy atom. The highest BCUT2D eigenvalue weighted by atomic mass is 28.3. The summed E-state index contributed by atoms with van der Waals surface area (Å²) < 4.78 is 0. The van der Waals surface area contributed by atoms with E-state index in [0.717, 1.165) is 0 Å². The van der Waals surface area contributed by atoms with Crippen LogP contribution in [0.1, 0.15) is 56.9 Å². The summed E-state index contributed by atoms with van der Waals surface area (Å²) in [7, 11) is -0.667. The molecule has 0 bridgehead atoms. The van der Waals surface area contributed by atoms with E-state index in [9.17, 15) is 5.11 Å². The van der Waals surface area contributed by atoms with Gasteiger partial charge >= 0.3 is 0 Å². The van der Waals surface area contributed by atoms with Gasteiger partial charge in [0, 0.05) is 8.80 Å². The van der Waals surface area contributed by atoms with Crippen molar-refractivity contribution in [2.24, 2.45) is 0 Å². The van der Waals surface area contributed by atoms with Crippen molar-refractivity contribution in [3.63, 3.8) is 0 Å². The number of aromatic hydroxyl groups is 1. The van der Waals surface area contributed by atoms with E-state index in [4.69, 9.17) is 0 Å². The minimum atomic E-state index is -0.667. The monoisotopic (exact) mass is 274 g/mol. The van der Waals surface area contributed by atoms with Crippen LogP contribution in [0.2, 0.25) is 12.1 Å². The fourth-order valence-electron chi connectivity index (χ4n) is 4.56. The van der Waals surface area contributed by atoms with Crippen molar-refractivity contribution >= 4 is 8.80 Å². The summed E-state index contributed by atoms with van der Waals surface area (Å²) in [4.78, 5) is 0. The summed E-state index contributed by atoms with van der Waals surface area (Å²) in [6, 6.07) is 11.4. The molecule has 1 heterocycles. The van der Waals surface area contributed by atoms with Gasteiger partial charge in [0.05, 0.1) is 0 Å². The van der Waals surface area contributed by atoms with Gasteiger partial charge in [0.25, 0.3) is 0 Å². The second-order valence-corrected chi connectivity index (χ2v) is 10.3. The summed E-state index contributed by atoms with van der Waals surface area (Å²) in [5, 5.41) is 10.1. The normalized spacial score (nSPS) is 24.2. The van der Waals surface area contributed by atoms with Crippen LogP contribution in [-0.4, -0.2) is 13.9 Å². The van der Waals surface area contributed by atoms with Crippen molar-refractivity contribution in [2.75, 3.05) is 0 Å². The first-order chi connectivity index (χ1) is 9.31. The number of rotatable bonds is 2. The van der Waals surface area contributed by atoms with Crippen LogP contribution in [0.3, 0.4) is 0 Å². The molecule has 1 aliphatic carbocycles. The molecule has 0 unspecified atom stereocenters. The lowest BCUT2D eigenvalue weighted by Crippen LogP contribution is -2.45. The fraction of sp³-hybridized carbons (Fsp3) is 0.647. The van der Waals surface area contributed by atoms with Gasteiger partial charge in [-0.2, -0.15) is 0 Å². The van der Waals surface area contributed by atoms with Crippen molar-refractivity contribution in [1.29, 1.82) is 0 Å². The van der Waals surface area contributed by atoms with E-state index in [1.54, 1.807) is 17.7 Å². The van der Waals surface area contributed by atoms with Crippen molar-refractivity contribution in [1.82, 2.24) is 0 Å². The molecule has 0 amide bonds. The fourth-order valence-corrected chi connectivity index (χ4v) is 9.41. The third-order valence-corrected chi connectivity index (χ3v) is 10.3. The molecule has 1 saturated heterocycles. The van der Waals surface area contributed by atoms with Crippen LogP contribution in [0.15, 0.2) is 24.3 Å². The Bertz CT molecular complexity index is 400. The smallest absolute Gasteiger partial charge is 0.115 e. The van der Waals surface area contributed by atoms with E-state index in [1.165, 1.54) is 51.4 Å². The highest BCUT2D eigenvalue weighted by Gasteiger charge is 2.42. The summed E-state index contributed by atoms with van der Waals surface area (Å²) >= 11 is 0. The Morgan fingerprint density at radius 1 is 0.789 bits per heavy atom. The van der Waals surface area contributed by atoms with Crippen LogP contribution >= 0.6 is 0 Å². The Kier molecular flexibility index (Phi) is 3.97. The highest BCUT2D eigenvalue weighted by molar-refractivity contribution is 6.62. The maximum atomic E-state index is 9.56. The Hall–Kier alpha value is -0.763. The standard InChI is InChI=1S/C17H26OSi/c18-16-9-7-15(8-10-16)17(11-3-1-4-12-17)19-13-5-2-6-14-19/h7-10,18-19H,1-6,11-14H2. The van der Waals surface area contributed by atoms with Gasteiger partial charge in [0.1, 0.15) is 5.75 Å². The highest BCUT2D eigenvalue weighted by Crippen LogP contribution is 2.46. The largest absolute Gasteiger partial charge is 0.508 e. The molecule has 2 aliphatic rings. The average molecular weight is 274 g/mol. The first-order valence-electron chi connectivity index (χ1n) is 8.11. The SMILES string of the molecule is Oc1ccc(C2([SiH]3CCCCC3)CCCCC2)cc1. The zero-order valence-electron chi connectivity index (χ0n) is 11.9. The van der Waals surface area contributed by atoms with Crippen LogP contribution in [0.25, 0.3) is 0 Å². The van der Waals surface area contributed by atoms with Gasteiger partial charge in [0.15, 0.2) is 0 Å². The molecule has 0 aromatic heterocycles. The Morgan fingerprint density at radius 2 is 1.37 bits per heavy atom. The molecule has 19 heavy (non-hydrogen) atoms. The van der Waals surface area contributed by atoms with Crippen LogP contribution in [0.4, 0.5) is 0 Å². The first-order valence-corrected chi connectivity index (χ1v) is 10.3. The molecule has 1 saturated carbocycles. The summed E-state index contributed by atoms with van der Waals surface area (Å²) in [6.45, 7) is 0. The molecule has 0 spiro atoms. The molecule has 2 fully saturated rings. The molecule has 0 atom stereocenters. The number of phenolic OH excluding ortho intramolecular Hbond substituents is 1. The van der Waals surface area contributed by atoms with E-state index < -0.39 is 8.80 Å². The van der Waals surface area contributed by atoms with E-state index in [2.05, 4.69) is 12.1 Å². The van der Waals surface area contributed by atoms with Crippen LogP contribution in [0, 0.1) is 0 Å². The second kappa shape index (κ2) is 5.70. The van der Waals surface area contributed by atoms with Gasteiger partial charge in [-0.25, -0.2) is 0 Å². The molecule has 1 aromatic carbocycles. The minimum absolute atomic E-state index is 0.417. The van der Waals surface area contributed by atoms with Crippen LogP contribution in [0.5, 0.6) is 5.75 Å². The molecular formula is C17H26OSi. The molecule has 1 N–H and O–H groups in total. The van der Waals surface area contributed by atoms with E-state index in [0.29, 0.717) is 10.8 Å². The summed E-state index contributed by atoms with van der Waals surface area (Å²) in [5.41, 5.74) is 1.56. The van der Waals surface area contributed by atoms with Crippen molar-refractivity contribution < 1.29 is 5.11 Å². The zero-order valence-corrected chi connectivity index (χ0v) is 13.1. The van der Waals surface area contributed by atoms with Crippen molar-refractivity contribution in [3.8, 4) is 5.75 Å². The Balaban J connectivity index is 1.93. The average Bonchev–Trinajstić information content (AvgIpc) is 2.49. The first kappa shape index (κ1) is 13.2. The predicted molar refractivity (Wildman–Crippen MR) is 83.5 cm³/mol. The molecule has 2 heteroatoms. The van der Waals surface area contributed by atoms with E-state index in [1.807, 2.05) is 12.1 Å². The number of benzene rings is 1. The molecule has 1 aromatic rings. The van der Waals surface area contributed by atoms with Crippen molar-refractivity contribution in [2.45, 2.75) is 68.5 Å². The van der Waals surface area contributed by atoms with Gasteiger partial charge in [-0.05, 0) is 35.6 Å². The molecule has 3 rings (SSSR count). The second-order valence-electron chi connectivity index (χ2n) is 6.60. The Labute approximate surface area is 118 Å². The quantitative estimate of drug-likeness (QED) is 0.785. The molecule has 1 nitrogen and oxygen atoms in total. The lowest BCUT2D eigenvalue weighted by atomic mass is 9.82. The van der Waals surface area contributed by atoms with Gasteiger partial charge in [0.2, 0.25) is 0 Å². The third kappa shape index (κ3) is 2.60. The van der Waals surface area contributed by atoms with E-state index in [-0.39, 0.29) is 0 Å². The van der Waals surface area contributed by atoms with Gasteiger partial charge in [-0.15, -0.1) is 0 Å². The number of hydrogen-bond acceptors (Lipinski definition) is 1. The lowest BCUT2D eigenvalue weighted by Gasteiger charge is -2.45. The van der Waals surface area contributed by atoms with E-state index >= 15 is 0 Å². The van der Waals surface area contributed by atoms with Crippen molar-refractivity contribution in [3.05, 3.63) is 29.8 Å².